The lowest BCUT2D eigenvalue weighted by atomic mass is 9.85. The highest BCUT2D eigenvalue weighted by Gasteiger charge is 2.39. The summed E-state index contributed by atoms with van der Waals surface area (Å²) in [7, 11) is -0.962. The van der Waals surface area contributed by atoms with Crippen molar-refractivity contribution in [2.45, 2.75) is 56.4 Å². The minimum absolute atomic E-state index is 0.309. The van der Waals surface area contributed by atoms with Crippen LogP contribution in [-0.2, 0) is 10.0 Å². The molecule has 3 rings (SSSR count). The molecule has 3 atom stereocenters. The summed E-state index contributed by atoms with van der Waals surface area (Å²) in [4.78, 5) is 2.43. The fourth-order valence-electron chi connectivity index (χ4n) is 3.83. The van der Waals surface area contributed by atoms with Crippen LogP contribution in [0.3, 0.4) is 0 Å². The molecule has 3 fully saturated rings. The zero-order valence-electron chi connectivity index (χ0n) is 13.3. The van der Waals surface area contributed by atoms with E-state index in [0.29, 0.717) is 31.1 Å². The molecule has 21 heavy (non-hydrogen) atoms. The number of nitrogens with zero attached hydrogens (tertiary/aromatic N) is 2. The molecule has 2 saturated heterocycles. The normalized spacial score (nSPS) is 33.6. The summed E-state index contributed by atoms with van der Waals surface area (Å²) in [6.07, 6.45) is 5.77. The van der Waals surface area contributed by atoms with E-state index in [9.17, 15) is 8.42 Å². The van der Waals surface area contributed by atoms with E-state index in [-0.39, 0.29) is 5.25 Å². The van der Waals surface area contributed by atoms with Crippen molar-refractivity contribution in [3.05, 3.63) is 0 Å². The summed E-state index contributed by atoms with van der Waals surface area (Å²) in [6.45, 7) is 5.03. The van der Waals surface area contributed by atoms with Crippen LogP contribution in [0.4, 0.5) is 0 Å². The van der Waals surface area contributed by atoms with Gasteiger partial charge < -0.3 is 10.2 Å². The maximum Gasteiger partial charge on any atom is 0.217 e. The maximum atomic E-state index is 12.7. The molecule has 1 N–H and O–H groups in total. The molecule has 1 aliphatic carbocycles. The number of likely N-dealkylation sites (tertiary alicyclic amines) is 1. The van der Waals surface area contributed by atoms with Gasteiger partial charge in [0.25, 0.3) is 0 Å². The Morgan fingerprint density at radius 3 is 2.67 bits per heavy atom. The smallest absolute Gasteiger partial charge is 0.217 e. The molecule has 2 aliphatic heterocycles. The van der Waals surface area contributed by atoms with Crippen molar-refractivity contribution in [3.8, 4) is 0 Å². The molecule has 0 aromatic carbocycles. The Morgan fingerprint density at radius 1 is 1.19 bits per heavy atom. The van der Waals surface area contributed by atoms with Gasteiger partial charge in [-0.15, -0.1) is 0 Å². The highest BCUT2D eigenvalue weighted by molar-refractivity contribution is 7.89. The Balaban J connectivity index is 1.60. The Morgan fingerprint density at radius 2 is 1.95 bits per heavy atom. The van der Waals surface area contributed by atoms with E-state index in [2.05, 4.69) is 17.3 Å². The lowest BCUT2D eigenvalue weighted by Gasteiger charge is -2.45. The first kappa shape index (κ1) is 15.7. The fourth-order valence-corrected chi connectivity index (χ4v) is 5.41. The second-order valence-corrected chi connectivity index (χ2v) is 9.49. The third-order valence-electron chi connectivity index (χ3n) is 5.45. The molecule has 5 nitrogen and oxygen atoms in total. The van der Waals surface area contributed by atoms with Crippen molar-refractivity contribution >= 4 is 10.0 Å². The lowest BCUT2D eigenvalue weighted by molar-refractivity contribution is 0.0668. The van der Waals surface area contributed by atoms with Gasteiger partial charge in [-0.05, 0) is 58.5 Å². The van der Waals surface area contributed by atoms with Gasteiger partial charge in [-0.2, -0.15) is 0 Å². The highest BCUT2D eigenvalue weighted by atomic mass is 32.2. The third kappa shape index (κ3) is 3.44. The SMILES string of the molecule is CC(CNC1CC1)S(=O)(=O)N1CCC2C(CCCN2C)C1. The van der Waals surface area contributed by atoms with Crippen LogP contribution in [0, 0.1) is 5.92 Å². The van der Waals surface area contributed by atoms with Crippen LogP contribution in [0.2, 0.25) is 0 Å². The molecule has 3 unspecified atom stereocenters. The summed E-state index contributed by atoms with van der Waals surface area (Å²) < 4.78 is 27.3. The number of hydrogen-bond donors (Lipinski definition) is 1. The van der Waals surface area contributed by atoms with E-state index in [0.717, 1.165) is 19.5 Å². The molecule has 0 amide bonds. The zero-order valence-corrected chi connectivity index (χ0v) is 14.1. The second kappa shape index (κ2) is 6.14. The monoisotopic (exact) mass is 315 g/mol. The van der Waals surface area contributed by atoms with E-state index >= 15 is 0 Å². The van der Waals surface area contributed by atoms with E-state index in [1.165, 1.54) is 25.7 Å². The molecule has 0 spiro atoms. The molecule has 0 radical (unpaired) electrons. The molecule has 0 aromatic rings. The average Bonchev–Trinajstić information content (AvgIpc) is 3.28. The lowest BCUT2D eigenvalue weighted by Crippen LogP contribution is -2.55. The standard InChI is InChI=1S/C15H29N3O2S/c1-12(10-16-14-5-6-14)21(19,20)18-9-7-15-13(11-18)4-3-8-17(15)2/h12-16H,3-11H2,1-2H3. The van der Waals surface area contributed by atoms with Gasteiger partial charge in [0.15, 0.2) is 0 Å². The van der Waals surface area contributed by atoms with Gasteiger partial charge in [-0.3, -0.25) is 0 Å². The minimum atomic E-state index is -3.15. The molecule has 6 heteroatoms. The van der Waals surface area contributed by atoms with Crippen LogP contribution in [0.25, 0.3) is 0 Å². The summed E-state index contributed by atoms with van der Waals surface area (Å²) in [5, 5.41) is 3.04. The van der Waals surface area contributed by atoms with Crippen LogP contribution in [0.15, 0.2) is 0 Å². The molecular formula is C15H29N3O2S. The van der Waals surface area contributed by atoms with Crippen molar-refractivity contribution < 1.29 is 8.42 Å². The fraction of sp³-hybridized carbons (Fsp3) is 1.00. The summed E-state index contributed by atoms with van der Waals surface area (Å²) in [6, 6.07) is 1.16. The highest BCUT2D eigenvalue weighted by Crippen LogP contribution is 2.31. The zero-order chi connectivity index (χ0) is 15.0. The molecule has 1 saturated carbocycles. The molecule has 3 aliphatic rings. The van der Waals surface area contributed by atoms with E-state index in [1.54, 1.807) is 4.31 Å². The number of rotatable bonds is 5. The third-order valence-corrected chi connectivity index (χ3v) is 7.68. The Bertz CT molecular complexity index is 464. The Kier molecular flexibility index (Phi) is 4.60. The van der Waals surface area contributed by atoms with E-state index in [4.69, 9.17) is 0 Å². The van der Waals surface area contributed by atoms with Crippen LogP contribution in [0.1, 0.15) is 39.0 Å². The first-order valence-corrected chi connectivity index (χ1v) is 9.91. The van der Waals surface area contributed by atoms with Crippen molar-refractivity contribution in [3.63, 3.8) is 0 Å². The van der Waals surface area contributed by atoms with Crippen LogP contribution >= 0.6 is 0 Å². The topological polar surface area (TPSA) is 52.7 Å². The first-order valence-electron chi connectivity index (χ1n) is 8.41. The predicted octanol–water partition coefficient (Wildman–Crippen LogP) is 0.873. The van der Waals surface area contributed by atoms with Crippen molar-refractivity contribution in [2.75, 3.05) is 33.2 Å². The van der Waals surface area contributed by atoms with Gasteiger partial charge in [-0.1, -0.05) is 0 Å². The molecular weight excluding hydrogens is 286 g/mol. The van der Waals surface area contributed by atoms with Gasteiger partial charge in [-0.25, -0.2) is 12.7 Å². The van der Waals surface area contributed by atoms with Crippen molar-refractivity contribution in [2.24, 2.45) is 5.92 Å². The van der Waals surface area contributed by atoms with Crippen molar-refractivity contribution in [1.82, 2.24) is 14.5 Å². The van der Waals surface area contributed by atoms with Gasteiger partial charge in [0.05, 0.1) is 5.25 Å². The first-order chi connectivity index (χ1) is 9.98. The predicted molar refractivity (Wildman–Crippen MR) is 84.7 cm³/mol. The van der Waals surface area contributed by atoms with Gasteiger partial charge in [0, 0.05) is 31.7 Å². The largest absolute Gasteiger partial charge is 0.313 e. The van der Waals surface area contributed by atoms with Crippen LogP contribution in [-0.4, -0.2) is 68.2 Å². The average molecular weight is 315 g/mol. The number of piperidine rings is 2. The van der Waals surface area contributed by atoms with Gasteiger partial charge in [0.1, 0.15) is 0 Å². The maximum absolute atomic E-state index is 12.7. The number of nitrogens with one attached hydrogen (secondary N) is 1. The van der Waals surface area contributed by atoms with Crippen molar-refractivity contribution in [1.29, 1.82) is 0 Å². The molecule has 0 bridgehead atoms. The summed E-state index contributed by atoms with van der Waals surface area (Å²) >= 11 is 0. The van der Waals surface area contributed by atoms with E-state index in [1.807, 2.05) is 6.92 Å². The van der Waals surface area contributed by atoms with Gasteiger partial charge in [0.2, 0.25) is 10.0 Å². The summed E-state index contributed by atoms with van der Waals surface area (Å²) in [5.74, 6) is 0.524. The van der Waals surface area contributed by atoms with E-state index < -0.39 is 10.0 Å². The second-order valence-electron chi connectivity index (χ2n) is 7.14. The van der Waals surface area contributed by atoms with Gasteiger partial charge >= 0.3 is 0 Å². The number of hydrogen-bond acceptors (Lipinski definition) is 4. The van der Waals surface area contributed by atoms with Crippen LogP contribution in [0.5, 0.6) is 0 Å². The quantitative estimate of drug-likeness (QED) is 0.818. The minimum Gasteiger partial charge on any atom is -0.313 e. The summed E-state index contributed by atoms with van der Waals surface area (Å²) in [5.41, 5.74) is 0. The molecule has 122 valence electrons. The Labute approximate surface area is 129 Å². The Hall–Kier alpha value is -0.170. The molecule has 0 aromatic heterocycles. The number of sulfonamides is 1. The van der Waals surface area contributed by atoms with Crippen LogP contribution < -0.4 is 5.32 Å². The molecule has 2 heterocycles. The number of fused-ring (bicyclic) bond motifs is 1.